The van der Waals surface area contributed by atoms with Crippen LogP contribution in [0.5, 0.6) is 0 Å². The van der Waals surface area contributed by atoms with Crippen LogP contribution in [0.3, 0.4) is 0 Å². The lowest BCUT2D eigenvalue weighted by Gasteiger charge is -2.10. The second kappa shape index (κ2) is 4.27. The van der Waals surface area contributed by atoms with Crippen molar-refractivity contribution in [3.05, 3.63) is 35.4 Å². The third-order valence-corrected chi connectivity index (χ3v) is 3.10. The molecule has 0 heterocycles. The molecule has 3 heteroatoms. The minimum atomic E-state index is -0.367. The van der Waals surface area contributed by atoms with Crippen molar-refractivity contribution in [2.45, 2.75) is 31.7 Å². The molecule has 1 aromatic carbocycles. The summed E-state index contributed by atoms with van der Waals surface area (Å²) in [6.07, 6.45) is 3.56. The van der Waals surface area contributed by atoms with Gasteiger partial charge in [0.15, 0.2) is 0 Å². The predicted octanol–water partition coefficient (Wildman–Crippen LogP) is 2.63. The summed E-state index contributed by atoms with van der Waals surface area (Å²) in [5, 5.41) is 0. The zero-order valence-electron chi connectivity index (χ0n) is 8.55. The van der Waals surface area contributed by atoms with Crippen LogP contribution in [0.15, 0.2) is 18.2 Å². The molecule has 0 aliphatic heterocycles. The molecule has 0 bridgehead atoms. The van der Waals surface area contributed by atoms with E-state index in [1.165, 1.54) is 12.1 Å². The van der Waals surface area contributed by atoms with Crippen LogP contribution in [-0.2, 0) is 6.42 Å². The van der Waals surface area contributed by atoms with E-state index < -0.39 is 0 Å². The number of hydrogen-bond donors (Lipinski definition) is 1. The van der Waals surface area contributed by atoms with E-state index in [4.69, 9.17) is 5.73 Å². The van der Waals surface area contributed by atoms with Gasteiger partial charge in [-0.3, -0.25) is 0 Å². The van der Waals surface area contributed by atoms with Gasteiger partial charge in [-0.05, 0) is 55.4 Å². The molecule has 0 spiro atoms. The van der Waals surface area contributed by atoms with Gasteiger partial charge < -0.3 is 5.73 Å². The van der Waals surface area contributed by atoms with Crippen molar-refractivity contribution in [1.29, 1.82) is 0 Å². The summed E-state index contributed by atoms with van der Waals surface area (Å²) in [6, 6.07) is 3.88. The first-order chi connectivity index (χ1) is 7.15. The fraction of sp³-hybridized carbons (Fsp3) is 0.500. The molecule has 1 aliphatic rings. The number of rotatable bonds is 2. The van der Waals surface area contributed by atoms with Crippen molar-refractivity contribution in [1.82, 2.24) is 0 Å². The topological polar surface area (TPSA) is 26.0 Å². The lowest BCUT2D eigenvalue weighted by molar-refractivity contribution is 0.507. The highest BCUT2D eigenvalue weighted by Crippen LogP contribution is 2.28. The van der Waals surface area contributed by atoms with Crippen molar-refractivity contribution in [2.75, 3.05) is 0 Å². The average Bonchev–Trinajstić information content (AvgIpc) is 2.58. The van der Waals surface area contributed by atoms with Crippen molar-refractivity contribution in [3.8, 4) is 0 Å². The molecule has 0 saturated heterocycles. The molecule has 2 N–H and O–H groups in total. The molecular weight excluding hydrogens is 196 g/mol. The second-order valence-electron chi connectivity index (χ2n) is 4.38. The molecule has 15 heavy (non-hydrogen) atoms. The van der Waals surface area contributed by atoms with Crippen LogP contribution in [-0.4, -0.2) is 6.04 Å². The van der Waals surface area contributed by atoms with Crippen LogP contribution in [0.2, 0.25) is 0 Å². The zero-order valence-corrected chi connectivity index (χ0v) is 8.55. The highest BCUT2D eigenvalue weighted by Gasteiger charge is 2.22. The van der Waals surface area contributed by atoms with E-state index in [9.17, 15) is 8.78 Å². The largest absolute Gasteiger partial charge is 0.328 e. The molecule has 1 aromatic rings. The number of hydrogen-bond acceptors (Lipinski definition) is 1. The van der Waals surface area contributed by atoms with Crippen LogP contribution in [0.1, 0.15) is 24.8 Å². The Bertz CT molecular complexity index is 351. The minimum absolute atomic E-state index is 0.242. The normalized spacial score (nSPS) is 25.8. The van der Waals surface area contributed by atoms with Gasteiger partial charge >= 0.3 is 0 Å². The summed E-state index contributed by atoms with van der Waals surface area (Å²) in [7, 11) is 0. The van der Waals surface area contributed by atoms with E-state index in [0.29, 0.717) is 17.9 Å². The fourth-order valence-electron chi connectivity index (χ4n) is 2.31. The quantitative estimate of drug-likeness (QED) is 0.799. The maximum atomic E-state index is 13.3. The first-order valence-electron chi connectivity index (χ1n) is 5.34. The molecule has 82 valence electrons. The van der Waals surface area contributed by atoms with E-state index in [0.717, 1.165) is 25.3 Å². The number of nitrogens with two attached hydrogens (primary N) is 1. The highest BCUT2D eigenvalue weighted by molar-refractivity contribution is 5.19. The van der Waals surface area contributed by atoms with Crippen molar-refractivity contribution < 1.29 is 8.78 Å². The zero-order chi connectivity index (χ0) is 10.8. The SMILES string of the molecule is NC1CCC(Cc2cc(F)ccc2F)C1. The van der Waals surface area contributed by atoms with E-state index in [2.05, 4.69) is 0 Å². The van der Waals surface area contributed by atoms with Crippen molar-refractivity contribution >= 4 is 0 Å². The van der Waals surface area contributed by atoms with Gasteiger partial charge in [0.1, 0.15) is 11.6 Å². The van der Waals surface area contributed by atoms with Gasteiger partial charge in [0, 0.05) is 6.04 Å². The third-order valence-electron chi connectivity index (χ3n) is 3.10. The Morgan fingerprint density at radius 3 is 2.73 bits per heavy atom. The van der Waals surface area contributed by atoms with E-state index >= 15 is 0 Å². The molecule has 1 saturated carbocycles. The number of benzene rings is 1. The van der Waals surface area contributed by atoms with Crippen molar-refractivity contribution in [2.24, 2.45) is 11.7 Å². The Morgan fingerprint density at radius 2 is 2.07 bits per heavy atom. The number of halogens is 2. The first kappa shape index (κ1) is 10.6. The van der Waals surface area contributed by atoms with Gasteiger partial charge in [0.25, 0.3) is 0 Å². The summed E-state index contributed by atoms with van der Waals surface area (Å²) in [4.78, 5) is 0. The molecule has 0 radical (unpaired) electrons. The molecule has 2 atom stereocenters. The fourth-order valence-corrected chi connectivity index (χ4v) is 2.31. The standard InChI is InChI=1S/C12H15F2N/c13-10-2-4-12(14)9(7-10)5-8-1-3-11(15)6-8/h2,4,7-8,11H,1,3,5-6,15H2. The summed E-state index contributed by atoms with van der Waals surface area (Å²) < 4.78 is 26.2. The van der Waals surface area contributed by atoms with Gasteiger partial charge in [0.2, 0.25) is 0 Å². The Labute approximate surface area is 88.3 Å². The maximum absolute atomic E-state index is 13.3. The molecule has 2 unspecified atom stereocenters. The van der Waals surface area contributed by atoms with E-state index in [1.54, 1.807) is 0 Å². The molecule has 0 aromatic heterocycles. The van der Waals surface area contributed by atoms with Crippen LogP contribution in [0.4, 0.5) is 8.78 Å². The molecule has 0 amide bonds. The summed E-state index contributed by atoms with van der Waals surface area (Å²) in [5.41, 5.74) is 6.26. The van der Waals surface area contributed by atoms with Gasteiger partial charge in [-0.25, -0.2) is 8.78 Å². The molecule has 1 nitrogen and oxygen atoms in total. The molecule has 1 fully saturated rings. The average molecular weight is 211 g/mol. The second-order valence-corrected chi connectivity index (χ2v) is 4.38. The van der Waals surface area contributed by atoms with Crippen LogP contribution < -0.4 is 5.73 Å². The smallest absolute Gasteiger partial charge is 0.126 e. The minimum Gasteiger partial charge on any atom is -0.328 e. The third kappa shape index (κ3) is 2.53. The van der Waals surface area contributed by atoms with E-state index in [-0.39, 0.29) is 17.7 Å². The lowest BCUT2D eigenvalue weighted by Crippen LogP contribution is -2.15. The predicted molar refractivity (Wildman–Crippen MR) is 55.4 cm³/mol. The molecule has 2 rings (SSSR count). The van der Waals surface area contributed by atoms with Crippen LogP contribution in [0, 0.1) is 17.6 Å². The summed E-state index contributed by atoms with van der Waals surface area (Å²) in [5.74, 6) is -0.262. The van der Waals surface area contributed by atoms with Gasteiger partial charge in [-0.15, -0.1) is 0 Å². The Hall–Kier alpha value is -0.960. The van der Waals surface area contributed by atoms with Crippen LogP contribution in [0.25, 0.3) is 0 Å². The molecular formula is C12H15F2N. The lowest BCUT2D eigenvalue weighted by atomic mass is 9.97. The van der Waals surface area contributed by atoms with Crippen LogP contribution >= 0.6 is 0 Å². The monoisotopic (exact) mass is 211 g/mol. The Morgan fingerprint density at radius 1 is 1.27 bits per heavy atom. The Kier molecular flexibility index (Phi) is 3.00. The van der Waals surface area contributed by atoms with Gasteiger partial charge in [-0.1, -0.05) is 0 Å². The van der Waals surface area contributed by atoms with Gasteiger partial charge in [-0.2, -0.15) is 0 Å². The van der Waals surface area contributed by atoms with Gasteiger partial charge in [0.05, 0.1) is 0 Å². The molecule has 1 aliphatic carbocycles. The summed E-state index contributed by atoms with van der Waals surface area (Å²) >= 11 is 0. The maximum Gasteiger partial charge on any atom is 0.126 e. The first-order valence-corrected chi connectivity index (χ1v) is 5.34. The van der Waals surface area contributed by atoms with Crippen molar-refractivity contribution in [3.63, 3.8) is 0 Å². The summed E-state index contributed by atoms with van der Waals surface area (Å²) in [6.45, 7) is 0. The Balaban J connectivity index is 2.07. The highest BCUT2D eigenvalue weighted by atomic mass is 19.1. The van der Waals surface area contributed by atoms with E-state index in [1.807, 2.05) is 0 Å².